The molecule has 5 heteroatoms. The van der Waals surface area contributed by atoms with Gasteiger partial charge in [0.05, 0.1) is 17.4 Å². The molecule has 0 aliphatic heterocycles. The van der Waals surface area contributed by atoms with E-state index in [0.29, 0.717) is 16.2 Å². The van der Waals surface area contributed by atoms with E-state index in [4.69, 9.17) is 11.6 Å². The molecule has 0 radical (unpaired) electrons. The molecular formula is C23H29ClFN3. The summed E-state index contributed by atoms with van der Waals surface area (Å²) in [5.74, 6) is 2.56. The molecule has 150 valence electrons. The van der Waals surface area contributed by atoms with Crippen LogP contribution in [0.25, 0.3) is 10.9 Å². The van der Waals surface area contributed by atoms with Crippen molar-refractivity contribution in [1.82, 2.24) is 10.3 Å². The first-order valence-electron chi connectivity index (χ1n) is 10.7. The fourth-order valence-electron chi connectivity index (χ4n) is 6.49. The third-order valence-corrected chi connectivity index (χ3v) is 7.53. The lowest BCUT2D eigenvalue weighted by atomic mass is 9.53. The number of pyridine rings is 1. The van der Waals surface area contributed by atoms with Gasteiger partial charge in [0.2, 0.25) is 0 Å². The summed E-state index contributed by atoms with van der Waals surface area (Å²) in [6.45, 7) is 3.11. The molecular weight excluding hydrogens is 373 g/mol. The van der Waals surface area contributed by atoms with Crippen LogP contribution in [0.4, 0.5) is 10.1 Å². The Morgan fingerprint density at radius 1 is 1.18 bits per heavy atom. The van der Waals surface area contributed by atoms with Crippen LogP contribution in [0.2, 0.25) is 5.02 Å². The topological polar surface area (TPSA) is 37.0 Å². The maximum absolute atomic E-state index is 14.4. The van der Waals surface area contributed by atoms with Gasteiger partial charge >= 0.3 is 0 Å². The molecule has 1 unspecified atom stereocenters. The van der Waals surface area contributed by atoms with Gasteiger partial charge in [0.1, 0.15) is 0 Å². The molecule has 3 nitrogen and oxygen atoms in total. The third kappa shape index (κ3) is 3.50. The summed E-state index contributed by atoms with van der Waals surface area (Å²) in [6.07, 6.45) is 10.8. The number of rotatable bonds is 6. The van der Waals surface area contributed by atoms with Gasteiger partial charge in [-0.2, -0.15) is 0 Å². The molecule has 4 fully saturated rings. The molecule has 1 aromatic carbocycles. The van der Waals surface area contributed by atoms with E-state index in [1.54, 1.807) is 12.1 Å². The van der Waals surface area contributed by atoms with Crippen LogP contribution < -0.4 is 10.6 Å². The van der Waals surface area contributed by atoms with Crippen molar-refractivity contribution in [3.8, 4) is 0 Å². The minimum atomic E-state index is -0.310. The van der Waals surface area contributed by atoms with Crippen LogP contribution in [-0.2, 0) is 0 Å². The predicted molar refractivity (Wildman–Crippen MR) is 113 cm³/mol. The highest BCUT2D eigenvalue weighted by atomic mass is 35.5. The Labute approximate surface area is 171 Å². The Hall–Kier alpha value is -1.39. The highest BCUT2D eigenvalue weighted by Crippen LogP contribution is 2.55. The van der Waals surface area contributed by atoms with Crippen LogP contribution in [-0.4, -0.2) is 23.1 Å². The molecule has 2 N–H and O–H groups in total. The SMILES string of the molecule is CC(CCNC12CC3CC(CC(C3)C1)C2)Nc1c(F)cnc2cc(Cl)ccc12. The maximum Gasteiger partial charge on any atom is 0.165 e. The van der Waals surface area contributed by atoms with Crippen molar-refractivity contribution in [3.63, 3.8) is 0 Å². The maximum atomic E-state index is 14.4. The zero-order chi connectivity index (χ0) is 19.3. The molecule has 1 heterocycles. The summed E-state index contributed by atoms with van der Waals surface area (Å²) in [7, 11) is 0. The monoisotopic (exact) mass is 401 g/mol. The van der Waals surface area contributed by atoms with Crippen LogP contribution in [0.15, 0.2) is 24.4 Å². The quantitative estimate of drug-likeness (QED) is 0.644. The second-order valence-corrected chi connectivity index (χ2v) is 10.0. The smallest absolute Gasteiger partial charge is 0.165 e. The molecule has 6 rings (SSSR count). The molecule has 4 bridgehead atoms. The zero-order valence-corrected chi connectivity index (χ0v) is 17.2. The van der Waals surface area contributed by atoms with Gasteiger partial charge in [-0.1, -0.05) is 11.6 Å². The Morgan fingerprint density at radius 3 is 2.54 bits per heavy atom. The van der Waals surface area contributed by atoms with Crippen molar-refractivity contribution >= 4 is 28.2 Å². The van der Waals surface area contributed by atoms with Crippen molar-refractivity contribution in [2.45, 2.75) is 63.5 Å². The van der Waals surface area contributed by atoms with Crippen molar-refractivity contribution in [3.05, 3.63) is 35.2 Å². The van der Waals surface area contributed by atoms with Gasteiger partial charge in [0.15, 0.2) is 5.82 Å². The molecule has 4 aliphatic rings. The van der Waals surface area contributed by atoms with Crippen LogP contribution in [0.1, 0.15) is 51.9 Å². The van der Waals surface area contributed by atoms with Gasteiger partial charge in [-0.25, -0.2) is 4.39 Å². The number of nitrogens with one attached hydrogen (secondary N) is 2. The molecule has 0 spiro atoms. The van der Waals surface area contributed by atoms with E-state index in [-0.39, 0.29) is 11.9 Å². The van der Waals surface area contributed by atoms with E-state index in [1.165, 1.54) is 44.7 Å². The fraction of sp³-hybridized carbons (Fsp3) is 0.609. The molecule has 4 saturated carbocycles. The van der Waals surface area contributed by atoms with Crippen LogP contribution in [0.3, 0.4) is 0 Å². The number of hydrogen-bond acceptors (Lipinski definition) is 3. The van der Waals surface area contributed by atoms with Gasteiger partial charge in [0, 0.05) is 22.0 Å². The Balaban J connectivity index is 1.22. The van der Waals surface area contributed by atoms with E-state index < -0.39 is 0 Å². The summed E-state index contributed by atoms with van der Waals surface area (Å²) in [5, 5.41) is 8.72. The van der Waals surface area contributed by atoms with Gasteiger partial charge in [-0.3, -0.25) is 4.98 Å². The average molecular weight is 402 g/mol. The van der Waals surface area contributed by atoms with Crippen molar-refractivity contribution in [1.29, 1.82) is 0 Å². The molecule has 2 aromatic rings. The van der Waals surface area contributed by atoms with Gasteiger partial charge in [0.25, 0.3) is 0 Å². The Morgan fingerprint density at radius 2 is 1.86 bits per heavy atom. The lowest BCUT2D eigenvalue weighted by molar-refractivity contribution is -0.0196. The highest BCUT2D eigenvalue weighted by Gasteiger charge is 2.50. The first-order chi connectivity index (χ1) is 13.5. The third-order valence-electron chi connectivity index (χ3n) is 7.29. The number of fused-ring (bicyclic) bond motifs is 1. The first-order valence-corrected chi connectivity index (χ1v) is 11.1. The summed E-state index contributed by atoms with van der Waals surface area (Å²) in [5.41, 5.74) is 1.64. The van der Waals surface area contributed by atoms with E-state index >= 15 is 0 Å². The predicted octanol–water partition coefficient (Wildman–Crippen LogP) is 5.78. The second-order valence-electron chi connectivity index (χ2n) is 9.60. The van der Waals surface area contributed by atoms with E-state index in [9.17, 15) is 4.39 Å². The number of halogens is 2. The Kier molecular flexibility index (Phi) is 4.75. The van der Waals surface area contributed by atoms with Crippen LogP contribution in [0.5, 0.6) is 0 Å². The van der Waals surface area contributed by atoms with E-state index in [2.05, 4.69) is 22.5 Å². The number of aromatic nitrogens is 1. The fourth-order valence-corrected chi connectivity index (χ4v) is 6.66. The summed E-state index contributed by atoms with van der Waals surface area (Å²) >= 11 is 6.05. The van der Waals surface area contributed by atoms with Gasteiger partial charge in [-0.15, -0.1) is 0 Å². The van der Waals surface area contributed by atoms with E-state index in [1.807, 2.05) is 6.07 Å². The molecule has 1 aromatic heterocycles. The van der Waals surface area contributed by atoms with Gasteiger partial charge in [-0.05, 0) is 94.4 Å². The largest absolute Gasteiger partial charge is 0.380 e. The normalized spacial score (nSPS) is 32.0. The number of hydrogen-bond donors (Lipinski definition) is 2. The molecule has 4 aliphatic carbocycles. The van der Waals surface area contributed by atoms with Crippen molar-refractivity contribution in [2.24, 2.45) is 17.8 Å². The Bertz CT molecular complexity index is 848. The first kappa shape index (κ1) is 18.6. The summed E-state index contributed by atoms with van der Waals surface area (Å²) < 4.78 is 14.4. The molecule has 28 heavy (non-hydrogen) atoms. The highest BCUT2D eigenvalue weighted by molar-refractivity contribution is 6.31. The minimum absolute atomic E-state index is 0.178. The van der Waals surface area contributed by atoms with Gasteiger partial charge < -0.3 is 10.6 Å². The van der Waals surface area contributed by atoms with Crippen LogP contribution in [0, 0.1) is 23.6 Å². The number of benzene rings is 1. The second kappa shape index (κ2) is 7.14. The zero-order valence-electron chi connectivity index (χ0n) is 16.5. The van der Waals surface area contributed by atoms with Crippen molar-refractivity contribution in [2.75, 3.05) is 11.9 Å². The lowest BCUT2D eigenvalue weighted by Crippen LogP contribution is -2.58. The summed E-state index contributed by atoms with van der Waals surface area (Å²) in [4.78, 5) is 4.17. The average Bonchev–Trinajstić information content (AvgIpc) is 2.63. The van der Waals surface area contributed by atoms with Crippen LogP contribution >= 0.6 is 11.6 Å². The minimum Gasteiger partial charge on any atom is -0.380 e. The summed E-state index contributed by atoms with van der Waals surface area (Å²) in [6, 6.07) is 5.59. The molecule has 0 amide bonds. The number of anilines is 1. The standard InChI is InChI=1S/C23H29ClFN3/c1-14(28-22-19-3-2-18(24)9-21(19)26-13-20(22)25)4-5-27-23-10-15-6-16(11-23)8-17(7-15)12-23/h2-3,9,13-17,27H,4-8,10-12H2,1H3,(H,26,28). The molecule has 0 saturated heterocycles. The lowest BCUT2D eigenvalue weighted by Gasteiger charge is -2.57. The van der Waals surface area contributed by atoms with Crippen molar-refractivity contribution < 1.29 is 4.39 Å². The molecule has 1 atom stereocenters. The van der Waals surface area contributed by atoms with E-state index in [0.717, 1.165) is 41.6 Å². The number of nitrogens with zero attached hydrogens (tertiary/aromatic N) is 1.